The Bertz CT molecular complexity index is 254. The molecule has 2 rings (SSSR count). The molecule has 2 fully saturated rings. The van der Waals surface area contributed by atoms with Crippen molar-refractivity contribution in [3.8, 4) is 0 Å². The Morgan fingerprint density at radius 3 is 2.60 bits per heavy atom. The standard InChI is InChI=1S/C10H15F2NO2/c11-10(12)4-8(15-9(10)14)6-13-5-7-2-1-3-7/h7-8,13H,1-6H2. The van der Waals surface area contributed by atoms with Gasteiger partial charge in [0.1, 0.15) is 6.10 Å². The minimum atomic E-state index is -3.27. The van der Waals surface area contributed by atoms with E-state index in [-0.39, 0.29) is 0 Å². The Hall–Kier alpha value is -0.710. The fourth-order valence-electron chi connectivity index (χ4n) is 1.91. The van der Waals surface area contributed by atoms with Gasteiger partial charge in [0.25, 0.3) is 0 Å². The van der Waals surface area contributed by atoms with Gasteiger partial charge in [-0.15, -0.1) is 0 Å². The lowest BCUT2D eigenvalue weighted by atomic mass is 9.85. The maximum Gasteiger partial charge on any atom is 0.377 e. The number of nitrogens with one attached hydrogen (secondary N) is 1. The van der Waals surface area contributed by atoms with Gasteiger partial charge in [0.2, 0.25) is 0 Å². The molecule has 1 saturated heterocycles. The van der Waals surface area contributed by atoms with Crippen LogP contribution in [0.1, 0.15) is 25.7 Å². The van der Waals surface area contributed by atoms with Crippen molar-refractivity contribution in [3.05, 3.63) is 0 Å². The molecule has 1 saturated carbocycles. The summed E-state index contributed by atoms with van der Waals surface area (Å²) in [7, 11) is 0. The molecule has 0 spiro atoms. The molecule has 86 valence electrons. The van der Waals surface area contributed by atoms with Gasteiger partial charge >= 0.3 is 11.9 Å². The number of hydrogen-bond acceptors (Lipinski definition) is 3. The van der Waals surface area contributed by atoms with E-state index < -0.39 is 24.4 Å². The summed E-state index contributed by atoms with van der Waals surface area (Å²) in [5, 5.41) is 3.08. The summed E-state index contributed by atoms with van der Waals surface area (Å²) in [5.41, 5.74) is 0. The molecule has 1 aliphatic heterocycles. The summed E-state index contributed by atoms with van der Waals surface area (Å²) >= 11 is 0. The van der Waals surface area contributed by atoms with Gasteiger partial charge in [0.05, 0.1) is 6.42 Å². The topological polar surface area (TPSA) is 38.3 Å². The van der Waals surface area contributed by atoms with Gasteiger partial charge in [0.15, 0.2) is 0 Å². The average molecular weight is 219 g/mol. The molecular formula is C10H15F2NO2. The number of alkyl halides is 2. The first-order chi connectivity index (χ1) is 7.08. The zero-order valence-electron chi connectivity index (χ0n) is 8.47. The van der Waals surface area contributed by atoms with E-state index in [4.69, 9.17) is 0 Å². The fraction of sp³-hybridized carbons (Fsp3) is 0.900. The first kappa shape index (κ1) is 10.8. The van der Waals surface area contributed by atoms with Gasteiger partial charge in [-0.25, -0.2) is 4.79 Å². The summed E-state index contributed by atoms with van der Waals surface area (Å²) in [6.07, 6.45) is 2.56. The van der Waals surface area contributed by atoms with Crippen LogP contribution < -0.4 is 5.32 Å². The highest BCUT2D eigenvalue weighted by Gasteiger charge is 2.50. The van der Waals surface area contributed by atoms with Crippen molar-refractivity contribution in [2.75, 3.05) is 13.1 Å². The van der Waals surface area contributed by atoms with Gasteiger partial charge < -0.3 is 10.1 Å². The van der Waals surface area contributed by atoms with E-state index in [2.05, 4.69) is 10.1 Å². The van der Waals surface area contributed by atoms with Crippen LogP contribution in [-0.2, 0) is 9.53 Å². The molecule has 0 radical (unpaired) electrons. The predicted octanol–water partition coefficient (Wildman–Crippen LogP) is 1.33. The van der Waals surface area contributed by atoms with Crippen LogP contribution in [0.3, 0.4) is 0 Å². The molecular weight excluding hydrogens is 204 g/mol. The molecule has 1 N–H and O–H groups in total. The summed E-state index contributed by atoms with van der Waals surface area (Å²) < 4.78 is 30.1. The molecule has 1 unspecified atom stereocenters. The Kier molecular flexibility index (Phi) is 2.91. The first-order valence-corrected chi connectivity index (χ1v) is 5.37. The second kappa shape index (κ2) is 4.04. The van der Waals surface area contributed by atoms with Crippen molar-refractivity contribution in [1.29, 1.82) is 0 Å². The van der Waals surface area contributed by atoms with Crippen LogP contribution in [0.2, 0.25) is 0 Å². The van der Waals surface area contributed by atoms with E-state index in [1.165, 1.54) is 19.3 Å². The maximum absolute atomic E-state index is 12.7. The SMILES string of the molecule is O=C1OC(CNCC2CCC2)CC1(F)F. The van der Waals surface area contributed by atoms with Crippen molar-refractivity contribution >= 4 is 5.97 Å². The third-order valence-electron chi connectivity index (χ3n) is 3.09. The highest BCUT2D eigenvalue weighted by atomic mass is 19.3. The van der Waals surface area contributed by atoms with E-state index in [9.17, 15) is 13.6 Å². The lowest BCUT2D eigenvalue weighted by molar-refractivity contribution is -0.159. The van der Waals surface area contributed by atoms with E-state index in [1.807, 2.05) is 0 Å². The number of cyclic esters (lactones) is 1. The van der Waals surface area contributed by atoms with Crippen molar-refractivity contribution in [2.24, 2.45) is 5.92 Å². The van der Waals surface area contributed by atoms with Crippen LogP contribution in [0.4, 0.5) is 8.78 Å². The normalized spacial score (nSPS) is 30.0. The molecule has 15 heavy (non-hydrogen) atoms. The van der Waals surface area contributed by atoms with Crippen molar-refractivity contribution in [1.82, 2.24) is 5.32 Å². The Morgan fingerprint density at radius 1 is 1.40 bits per heavy atom. The monoisotopic (exact) mass is 219 g/mol. The largest absolute Gasteiger partial charge is 0.456 e. The molecule has 1 aliphatic carbocycles. The van der Waals surface area contributed by atoms with Gasteiger partial charge in [-0.05, 0) is 25.3 Å². The fourth-order valence-corrected chi connectivity index (χ4v) is 1.91. The third kappa shape index (κ3) is 2.45. The lowest BCUT2D eigenvalue weighted by Gasteiger charge is -2.25. The number of rotatable bonds is 4. The Balaban J connectivity index is 1.66. The molecule has 0 aromatic carbocycles. The first-order valence-electron chi connectivity index (χ1n) is 5.37. The number of esters is 1. The molecule has 3 nitrogen and oxygen atoms in total. The zero-order chi connectivity index (χ0) is 10.9. The highest BCUT2D eigenvalue weighted by molar-refractivity contribution is 5.79. The zero-order valence-corrected chi connectivity index (χ0v) is 8.47. The van der Waals surface area contributed by atoms with Crippen LogP contribution in [0.5, 0.6) is 0 Å². The van der Waals surface area contributed by atoms with Crippen LogP contribution >= 0.6 is 0 Å². The Morgan fingerprint density at radius 2 is 2.13 bits per heavy atom. The number of hydrogen-bond donors (Lipinski definition) is 1. The summed E-state index contributed by atoms with van der Waals surface area (Å²) in [6, 6.07) is 0. The predicted molar refractivity (Wildman–Crippen MR) is 49.7 cm³/mol. The van der Waals surface area contributed by atoms with Crippen LogP contribution in [0, 0.1) is 5.92 Å². The molecule has 1 atom stereocenters. The third-order valence-corrected chi connectivity index (χ3v) is 3.09. The number of carbonyl (C=O) groups excluding carboxylic acids is 1. The average Bonchev–Trinajstić information content (AvgIpc) is 2.32. The van der Waals surface area contributed by atoms with E-state index in [0.717, 1.165) is 6.54 Å². The molecule has 0 aromatic rings. The number of halogens is 2. The minimum Gasteiger partial charge on any atom is -0.456 e. The van der Waals surface area contributed by atoms with Gasteiger partial charge in [0, 0.05) is 6.54 Å². The van der Waals surface area contributed by atoms with Gasteiger partial charge in [-0.1, -0.05) is 6.42 Å². The summed E-state index contributed by atoms with van der Waals surface area (Å²) in [6.45, 7) is 1.19. The van der Waals surface area contributed by atoms with Crippen LogP contribution in [0.15, 0.2) is 0 Å². The molecule has 0 amide bonds. The highest BCUT2D eigenvalue weighted by Crippen LogP contribution is 2.30. The summed E-state index contributed by atoms with van der Waals surface area (Å²) in [4.78, 5) is 10.7. The second-order valence-electron chi connectivity index (χ2n) is 4.39. The van der Waals surface area contributed by atoms with Crippen LogP contribution in [-0.4, -0.2) is 31.1 Å². The number of carbonyl (C=O) groups is 1. The smallest absolute Gasteiger partial charge is 0.377 e. The minimum absolute atomic E-state index is 0.345. The van der Waals surface area contributed by atoms with Crippen molar-refractivity contribution < 1.29 is 18.3 Å². The van der Waals surface area contributed by atoms with E-state index in [1.54, 1.807) is 0 Å². The van der Waals surface area contributed by atoms with Crippen molar-refractivity contribution in [2.45, 2.75) is 37.7 Å². The molecule has 2 aliphatic rings. The van der Waals surface area contributed by atoms with E-state index in [0.29, 0.717) is 12.5 Å². The lowest BCUT2D eigenvalue weighted by Crippen LogP contribution is -2.33. The van der Waals surface area contributed by atoms with E-state index >= 15 is 0 Å². The van der Waals surface area contributed by atoms with Gasteiger partial charge in [-0.2, -0.15) is 8.78 Å². The van der Waals surface area contributed by atoms with Crippen molar-refractivity contribution in [3.63, 3.8) is 0 Å². The van der Waals surface area contributed by atoms with Gasteiger partial charge in [-0.3, -0.25) is 0 Å². The number of ether oxygens (including phenoxy) is 1. The maximum atomic E-state index is 12.7. The Labute approximate surface area is 87.2 Å². The molecule has 0 bridgehead atoms. The quantitative estimate of drug-likeness (QED) is 0.725. The second-order valence-corrected chi connectivity index (χ2v) is 4.39. The molecule has 1 heterocycles. The van der Waals surface area contributed by atoms with Crippen LogP contribution in [0.25, 0.3) is 0 Å². The molecule has 5 heteroatoms. The molecule has 0 aromatic heterocycles. The summed E-state index contributed by atoms with van der Waals surface area (Å²) in [5.74, 6) is -3.97.